The Hall–Kier alpha value is -2.41. The van der Waals surface area contributed by atoms with E-state index in [0.717, 1.165) is 5.56 Å². The second-order valence-corrected chi connectivity index (χ2v) is 3.91. The van der Waals surface area contributed by atoms with Gasteiger partial charge in [0.25, 0.3) is 0 Å². The molecule has 0 heterocycles. The molecule has 0 radical (unpaired) electrons. The molecule has 0 saturated carbocycles. The van der Waals surface area contributed by atoms with Gasteiger partial charge in [-0.3, -0.25) is 25.2 Å². The van der Waals surface area contributed by atoms with Crippen LogP contribution in [0.5, 0.6) is 0 Å². The van der Waals surface area contributed by atoms with Crippen LogP contribution in [-0.2, 0) is 25.5 Å². The van der Waals surface area contributed by atoms with Crippen LogP contribution >= 0.6 is 0 Å². The first kappa shape index (κ1) is 15.6. The van der Waals surface area contributed by atoms with Crippen LogP contribution in [0.2, 0.25) is 0 Å². The fourth-order valence-corrected chi connectivity index (χ4v) is 1.36. The number of rotatable bonds is 5. The molecule has 108 valence electrons. The summed E-state index contributed by atoms with van der Waals surface area (Å²) in [6.45, 7) is 0.528. The van der Waals surface area contributed by atoms with Crippen molar-refractivity contribution in [3.8, 4) is 0 Å². The molecule has 0 spiro atoms. The smallest absolute Gasteiger partial charge is 0.327 e. The quantitative estimate of drug-likeness (QED) is 0.371. The maximum absolute atomic E-state index is 11.5. The van der Waals surface area contributed by atoms with Crippen molar-refractivity contribution in [3.63, 3.8) is 0 Å². The highest BCUT2D eigenvalue weighted by Gasteiger charge is 2.13. The molecular formula is C13H17N3O4. The maximum Gasteiger partial charge on any atom is 0.327 e. The summed E-state index contributed by atoms with van der Waals surface area (Å²) in [5, 5.41) is 2.33. The van der Waals surface area contributed by atoms with Crippen LogP contribution in [0.1, 0.15) is 5.56 Å². The Bertz CT molecular complexity index is 462. The summed E-state index contributed by atoms with van der Waals surface area (Å²) >= 11 is 0. The van der Waals surface area contributed by atoms with Gasteiger partial charge in [-0.15, -0.1) is 0 Å². The lowest BCUT2D eigenvalue weighted by atomic mass is 10.1. The van der Waals surface area contributed by atoms with Crippen LogP contribution in [0, 0.1) is 0 Å². The summed E-state index contributed by atoms with van der Waals surface area (Å²) in [6.07, 6.45) is 0.117. The van der Waals surface area contributed by atoms with E-state index in [9.17, 15) is 14.4 Å². The summed E-state index contributed by atoms with van der Waals surface area (Å²) in [6, 6.07) is 9.04. The number of carbonyl (C=O) groups is 3. The Morgan fingerprint density at radius 3 is 2.40 bits per heavy atom. The van der Waals surface area contributed by atoms with E-state index in [1.807, 2.05) is 23.6 Å². The SMILES string of the molecule is COCCNC(=O)C(=O)NNC(=O)Cc1ccccc1. The average Bonchev–Trinajstić information content (AvgIpc) is 2.46. The van der Waals surface area contributed by atoms with E-state index < -0.39 is 17.7 Å². The Morgan fingerprint density at radius 1 is 1.05 bits per heavy atom. The highest BCUT2D eigenvalue weighted by atomic mass is 16.5. The van der Waals surface area contributed by atoms with Crippen molar-refractivity contribution in [2.24, 2.45) is 0 Å². The maximum atomic E-state index is 11.5. The molecule has 0 saturated heterocycles. The van der Waals surface area contributed by atoms with Gasteiger partial charge in [0.1, 0.15) is 0 Å². The van der Waals surface area contributed by atoms with Crippen molar-refractivity contribution in [1.29, 1.82) is 0 Å². The zero-order valence-corrected chi connectivity index (χ0v) is 11.1. The first-order valence-electron chi connectivity index (χ1n) is 6.03. The largest absolute Gasteiger partial charge is 0.383 e. The van der Waals surface area contributed by atoms with Crippen LogP contribution in [0.3, 0.4) is 0 Å². The highest BCUT2D eigenvalue weighted by Crippen LogP contribution is 1.98. The minimum absolute atomic E-state index is 0.117. The van der Waals surface area contributed by atoms with Crippen LogP contribution in [0.15, 0.2) is 30.3 Å². The van der Waals surface area contributed by atoms with Gasteiger partial charge in [-0.05, 0) is 5.56 Å². The lowest BCUT2D eigenvalue weighted by Gasteiger charge is -2.07. The number of methoxy groups -OCH3 is 1. The zero-order valence-electron chi connectivity index (χ0n) is 11.1. The van der Waals surface area contributed by atoms with E-state index in [2.05, 4.69) is 10.7 Å². The topological polar surface area (TPSA) is 96.5 Å². The molecule has 0 aliphatic carbocycles. The van der Waals surface area contributed by atoms with Crippen molar-refractivity contribution in [1.82, 2.24) is 16.2 Å². The van der Waals surface area contributed by atoms with E-state index in [4.69, 9.17) is 4.74 Å². The van der Waals surface area contributed by atoms with Gasteiger partial charge in [-0.1, -0.05) is 30.3 Å². The van der Waals surface area contributed by atoms with Gasteiger partial charge in [0.05, 0.1) is 13.0 Å². The molecule has 7 heteroatoms. The fraction of sp³-hybridized carbons (Fsp3) is 0.308. The first-order chi connectivity index (χ1) is 9.63. The molecule has 3 amide bonds. The molecule has 0 fully saturated rings. The van der Waals surface area contributed by atoms with E-state index in [-0.39, 0.29) is 13.0 Å². The monoisotopic (exact) mass is 279 g/mol. The first-order valence-corrected chi connectivity index (χ1v) is 6.03. The van der Waals surface area contributed by atoms with Crippen molar-refractivity contribution >= 4 is 17.7 Å². The van der Waals surface area contributed by atoms with Crippen molar-refractivity contribution in [2.75, 3.05) is 20.3 Å². The molecule has 0 unspecified atom stereocenters. The lowest BCUT2D eigenvalue weighted by Crippen LogP contribution is -2.49. The van der Waals surface area contributed by atoms with Gasteiger partial charge in [0.15, 0.2) is 0 Å². The van der Waals surface area contributed by atoms with E-state index in [1.54, 1.807) is 12.1 Å². The van der Waals surface area contributed by atoms with Crippen LogP contribution in [-0.4, -0.2) is 38.0 Å². The predicted molar refractivity (Wildman–Crippen MR) is 71.3 cm³/mol. The molecule has 0 atom stereocenters. The number of hydrogen-bond acceptors (Lipinski definition) is 4. The molecule has 3 N–H and O–H groups in total. The Labute approximate surface area is 116 Å². The molecule has 0 aliphatic heterocycles. The molecule has 1 rings (SSSR count). The number of amides is 3. The summed E-state index contributed by atoms with van der Waals surface area (Å²) in [5.41, 5.74) is 5.02. The number of benzene rings is 1. The average molecular weight is 279 g/mol. The predicted octanol–water partition coefficient (Wildman–Crippen LogP) is -0.861. The summed E-state index contributed by atoms with van der Waals surface area (Å²) in [4.78, 5) is 34.1. The third-order valence-electron chi connectivity index (χ3n) is 2.32. The van der Waals surface area contributed by atoms with Crippen LogP contribution < -0.4 is 16.2 Å². The Balaban J connectivity index is 2.26. The lowest BCUT2D eigenvalue weighted by molar-refractivity contribution is -0.140. The minimum atomic E-state index is -0.928. The molecule has 1 aromatic rings. The molecular weight excluding hydrogens is 262 g/mol. The van der Waals surface area contributed by atoms with Crippen molar-refractivity contribution in [2.45, 2.75) is 6.42 Å². The Kier molecular flexibility index (Phi) is 6.77. The van der Waals surface area contributed by atoms with Crippen molar-refractivity contribution < 1.29 is 19.1 Å². The van der Waals surface area contributed by atoms with Crippen LogP contribution in [0.4, 0.5) is 0 Å². The number of carbonyl (C=O) groups excluding carboxylic acids is 3. The summed E-state index contributed by atoms with van der Waals surface area (Å²) in [7, 11) is 1.48. The number of hydrogen-bond donors (Lipinski definition) is 3. The Morgan fingerprint density at radius 2 is 1.75 bits per heavy atom. The summed E-state index contributed by atoms with van der Waals surface area (Å²) < 4.78 is 4.72. The van der Waals surface area contributed by atoms with Gasteiger partial charge in [0.2, 0.25) is 5.91 Å². The minimum Gasteiger partial charge on any atom is -0.383 e. The normalized spacial score (nSPS) is 9.65. The fourth-order valence-electron chi connectivity index (χ4n) is 1.36. The molecule has 20 heavy (non-hydrogen) atoms. The highest BCUT2D eigenvalue weighted by molar-refractivity contribution is 6.35. The number of nitrogens with one attached hydrogen (secondary N) is 3. The van der Waals surface area contributed by atoms with E-state index in [1.165, 1.54) is 7.11 Å². The second-order valence-electron chi connectivity index (χ2n) is 3.91. The zero-order chi connectivity index (χ0) is 14.8. The third-order valence-corrected chi connectivity index (χ3v) is 2.32. The molecule has 0 bridgehead atoms. The summed E-state index contributed by atoms with van der Waals surface area (Å²) in [5.74, 6) is -2.17. The second kappa shape index (κ2) is 8.65. The standard InChI is InChI=1S/C13H17N3O4/c1-20-8-7-14-12(18)13(19)16-15-11(17)9-10-5-3-2-4-6-10/h2-6H,7-9H2,1H3,(H,14,18)(H,15,17)(H,16,19). The van der Waals surface area contributed by atoms with Gasteiger partial charge >= 0.3 is 11.8 Å². The number of ether oxygens (including phenoxy) is 1. The van der Waals surface area contributed by atoms with E-state index in [0.29, 0.717) is 6.61 Å². The van der Waals surface area contributed by atoms with Crippen molar-refractivity contribution in [3.05, 3.63) is 35.9 Å². The molecule has 1 aromatic carbocycles. The molecule has 7 nitrogen and oxygen atoms in total. The van der Waals surface area contributed by atoms with Gasteiger partial charge in [0, 0.05) is 13.7 Å². The third kappa shape index (κ3) is 5.96. The van der Waals surface area contributed by atoms with Crippen LogP contribution in [0.25, 0.3) is 0 Å². The van der Waals surface area contributed by atoms with Gasteiger partial charge in [-0.2, -0.15) is 0 Å². The molecule has 0 aromatic heterocycles. The number of hydrazine groups is 1. The van der Waals surface area contributed by atoms with E-state index >= 15 is 0 Å². The van der Waals surface area contributed by atoms with Gasteiger partial charge < -0.3 is 10.1 Å². The van der Waals surface area contributed by atoms with Gasteiger partial charge in [-0.25, -0.2) is 0 Å². The molecule has 0 aliphatic rings.